The molecular formula is C24H18N4S. The van der Waals surface area contributed by atoms with Gasteiger partial charge < -0.3 is 0 Å². The molecule has 0 unspecified atom stereocenters. The quantitative estimate of drug-likeness (QED) is 0.383. The molecule has 0 bridgehead atoms. The van der Waals surface area contributed by atoms with Gasteiger partial charge in [0.25, 0.3) is 0 Å². The van der Waals surface area contributed by atoms with Crippen LogP contribution in [0.15, 0.2) is 109 Å². The number of thiophene rings is 1. The molecule has 2 aromatic heterocycles. The van der Waals surface area contributed by atoms with Gasteiger partial charge in [0.15, 0.2) is 5.82 Å². The van der Waals surface area contributed by atoms with E-state index in [0.29, 0.717) is 0 Å². The van der Waals surface area contributed by atoms with E-state index < -0.39 is 5.54 Å². The molecule has 5 aromatic rings. The minimum atomic E-state index is -0.702. The Morgan fingerprint density at radius 2 is 1.14 bits per heavy atom. The van der Waals surface area contributed by atoms with Gasteiger partial charge in [0, 0.05) is 0 Å². The van der Waals surface area contributed by atoms with Crippen LogP contribution in [0.4, 0.5) is 0 Å². The summed E-state index contributed by atoms with van der Waals surface area (Å²) in [6, 6.07) is 35.4. The van der Waals surface area contributed by atoms with Crippen molar-refractivity contribution in [1.29, 1.82) is 0 Å². The highest BCUT2D eigenvalue weighted by Gasteiger charge is 2.41. The van der Waals surface area contributed by atoms with Crippen LogP contribution in [0.25, 0.3) is 10.7 Å². The molecule has 0 amide bonds. The molecule has 0 aliphatic rings. The predicted octanol–water partition coefficient (Wildman–Crippen LogP) is 5.24. The predicted molar refractivity (Wildman–Crippen MR) is 116 cm³/mol. The molecule has 5 rings (SSSR count). The summed E-state index contributed by atoms with van der Waals surface area (Å²) >= 11 is 1.63. The van der Waals surface area contributed by atoms with Crippen molar-refractivity contribution >= 4 is 11.3 Å². The molecule has 29 heavy (non-hydrogen) atoms. The summed E-state index contributed by atoms with van der Waals surface area (Å²) in [6.07, 6.45) is 0. The van der Waals surface area contributed by atoms with Crippen molar-refractivity contribution < 1.29 is 0 Å². The number of aromatic nitrogens is 4. The Labute approximate surface area is 173 Å². The number of hydrogen-bond donors (Lipinski definition) is 0. The SMILES string of the molecule is c1ccc(C(c2ccccc2)(c2ccccc2)n2nnnc2-c2cccs2)cc1. The van der Waals surface area contributed by atoms with Crippen LogP contribution in [0.5, 0.6) is 0 Å². The lowest BCUT2D eigenvalue weighted by Crippen LogP contribution is -2.39. The number of hydrogen-bond acceptors (Lipinski definition) is 4. The van der Waals surface area contributed by atoms with Crippen LogP contribution in [0.1, 0.15) is 16.7 Å². The third-order valence-electron chi connectivity index (χ3n) is 5.10. The highest BCUT2D eigenvalue weighted by Crippen LogP contribution is 2.42. The Bertz CT molecular complexity index is 1090. The molecule has 0 radical (unpaired) electrons. The Morgan fingerprint density at radius 1 is 0.621 bits per heavy atom. The first kappa shape index (κ1) is 17.5. The zero-order chi connectivity index (χ0) is 19.5. The molecule has 2 heterocycles. The van der Waals surface area contributed by atoms with Crippen molar-refractivity contribution in [3.63, 3.8) is 0 Å². The maximum absolute atomic E-state index is 4.54. The lowest BCUT2D eigenvalue weighted by molar-refractivity contribution is 0.451. The second-order valence-electron chi connectivity index (χ2n) is 6.70. The van der Waals surface area contributed by atoms with Gasteiger partial charge >= 0.3 is 0 Å². The van der Waals surface area contributed by atoms with Crippen LogP contribution in [0, 0.1) is 0 Å². The molecule has 140 valence electrons. The van der Waals surface area contributed by atoms with Gasteiger partial charge in [-0.25, -0.2) is 4.68 Å². The summed E-state index contributed by atoms with van der Waals surface area (Å²) in [5, 5.41) is 15.1. The Balaban J connectivity index is 1.92. The van der Waals surface area contributed by atoms with Crippen LogP contribution in [-0.4, -0.2) is 20.2 Å². The normalized spacial score (nSPS) is 11.4. The van der Waals surface area contributed by atoms with Gasteiger partial charge in [-0.2, -0.15) is 0 Å². The summed E-state index contributed by atoms with van der Waals surface area (Å²) in [4.78, 5) is 1.03. The molecule has 4 nitrogen and oxygen atoms in total. The van der Waals surface area contributed by atoms with Crippen LogP contribution in [0.3, 0.4) is 0 Å². The molecule has 5 heteroatoms. The number of benzene rings is 3. The minimum absolute atomic E-state index is 0.702. The molecule has 0 aliphatic heterocycles. The van der Waals surface area contributed by atoms with E-state index in [4.69, 9.17) is 0 Å². The summed E-state index contributed by atoms with van der Waals surface area (Å²) in [7, 11) is 0. The van der Waals surface area contributed by atoms with Gasteiger partial charge in [-0.15, -0.1) is 16.4 Å². The smallest absolute Gasteiger partial charge is 0.193 e. The molecule has 0 atom stereocenters. The van der Waals surface area contributed by atoms with Gasteiger partial charge in [-0.3, -0.25) is 0 Å². The fourth-order valence-corrected chi connectivity index (χ4v) is 4.57. The number of rotatable bonds is 5. The van der Waals surface area contributed by atoms with Crippen LogP contribution < -0.4 is 0 Å². The summed E-state index contributed by atoms with van der Waals surface area (Å²) in [5.41, 5.74) is 2.60. The minimum Gasteiger partial charge on any atom is -0.205 e. The fraction of sp³-hybridized carbons (Fsp3) is 0.0417. The van der Waals surface area contributed by atoms with Crippen molar-refractivity contribution in [2.45, 2.75) is 5.54 Å². The van der Waals surface area contributed by atoms with Gasteiger partial charge in [0.05, 0.1) is 4.88 Å². The Kier molecular flexibility index (Phi) is 4.50. The van der Waals surface area contributed by atoms with E-state index >= 15 is 0 Å². The van der Waals surface area contributed by atoms with Gasteiger partial charge in [-0.05, 0) is 38.6 Å². The average Bonchev–Trinajstić information content (AvgIpc) is 3.49. The van der Waals surface area contributed by atoms with Crippen molar-refractivity contribution in [2.24, 2.45) is 0 Å². The van der Waals surface area contributed by atoms with Crippen molar-refractivity contribution in [3.05, 3.63) is 125 Å². The van der Waals surface area contributed by atoms with Gasteiger partial charge in [0.1, 0.15) is 5.54 Å². The zero-order valence-corrected chi connectivity index (χ0v) is 16.4. The molecule has 0 aliphatic carbocycles. The highest BCUT2D eigenvalue weighted by molar-refractivity contribution is 7.13. The third kappa shape index (κ3) is 2.87. The second kappa shape index (κ2) is 7.45. The summed E-state index contributed by atoms with van der Waals surface area (Å²) in [5.74, 6) is 0.747. The number of tetrazole rings is 1. The molecule has 0 saturated carbocycles. The van der Waals surface area contributed by atoms with E-state index in [-0.39, 0.29) is 0 Å². The van der Waals surface area contributed by atoms with E-state index in [9.17, 15) is 0 Å². The van der Waals surface area contributed by atoms with Crippen molar-refractivity contribution in [2.75, 3.05) is 0 Å². The fourth-order valence-electron chi connectivity index (χ4n) is 3.88. The van der Waals surface area contributed by atoms with E-state index in [1.54, 1.807) is 11.3 Å². The van der Waals surface area contributed by atoms with Gasteiger partial charge in [0.2, 0.25) is 0 Å². The highest BCUT2D eigenvalue weighted by atomic mass is 32.1. The van der Waals surface area contributed by atoms with E-state index in [2.05, 4.69) is 94.4 Å². The molecule has 0 saturated heterocycles. The summed E-state index contributed by atoms with van der Waals surface area (Å²) < 4.78 is 1.96. The molecule has 0 N–H and O–H groups in total. The maximum Gasteiger partial charge on any atom is 0.193 e. The standard InChI is InChI=1S/C24H18N4S/c1-4-11-19(12-5-1)24(20-13-6-2-7-14-20,21-15-8-3-9-16-21)28-23(25-26-27-28)22-17-10-18-29-22/h1-18H. The van der Waals surface area contributed by atoms with E-state index in [1.165, 1.54) is 0 Å². The first-order valence-corrected chi connectivity index (χ1v) is 10.3. The molecule has 0 fully saturated rings. The maximum atomic E-state index is 4.54. The first-order chi connectivity index (χ1) is 14.4. The largest absolute Gasteiger partial charge is 0.205 e. The zero-order valence-electron chi connectivity index (χ0n) is 15.6. The van der Waals surface area contributed by atoms with Crippen molar-refractivity contribution in [1.82, 2.24) is 20.2 Å². The lowest BCUT2D eigenvalue weighted by Gasteiger charge is -2.36. The van der Waals surface area contributed by atoms with Gasteiger partial charge in [-0.1, -0.05) is 97.1 Å². The molecular weight excluding hydrogens is 376 g/mol. The lowest BCUT2D eigenvalue weighted by atomic mass is 9.77. The Hall–Kier alpha value is -3.57. The van der Waals surface area contributed by atoms with Crippen molar-refractivity contribution in [3.8, 4) is 10.7 Å². The topological polar surface area (TPSA) is 43.6 Å². The second-order valence-corrected chi connectivity index (χ2v) is 7.65. The monoisotopic (exact) mass is 394 g/mol. The Morgan fingerprint density at radius 3 is 1.59 bits per heavy atom. The summed E-state index contributed by atoms with van der Waals surface area (Å²) in [6.45, 7) is 0. The van der Waals surface area contributed by atoms with Crippen LogP contribution in [-0.2, 0) is 5.54 Å². The number of nitrogens with zero attached hydrogens (tertiary/aromatic N) is 4. The average molecular weight is 395 g/mol. The first-order valence-electron chi connectivity index (χ1n) is 9.40. The van der Waals surface area contributed by atoms with E-state index in [0.717, 1.165) is 27.4 Å². The third-order valence-corrected chi connectivity index (χ3v) is 5.97. The van der Waals surface area contributed by atoms with Crippen LogP contribution >= 0.6 is 11.3 Å². The van der Waals surface area contributed by atoms with Crippen LogP contribution in [0.2, 0.25) is 0 Å². The van der Waals surface area contributed by atoms with E-state index in [1.807, 2.05) is 34.3 Å². The molecule has 0 spiro atoms. The molecule has 3 aromatic carbocycles.